The van der Waals surface area contributed by atoms with Gasteiger partial charge in [0.2, 0.25) is 11.8 Å². The van der Waals surface area contributed by atoms with Crippen LogP contribution in [0.4, 0.5) is 0 Å². The third-order valence-electron chi connectivity index (χ3n) is 5.19. The van der Waals surface area contributed by atoms with Gasteiger partial charge >= 0.3 is 0 Å². The van der Waals surface area contributed by atoms with Crippen LogP contribution in [0.25, 0.3) is 0 Å². The zero-order valence-electron chi connectivity index (χ0n) is 19.2. The number of hydrogen-bond acceptors (Lipinski definition) is 5. The first-order valence-corrected chi connectivity index (χ1v) is 11.3. The van der Waals surface area contributed by atoms with Gasteiger partial charge in [0.1, 0.15) is 19.3 Å². The van der Waals surface area contributed by atoms with Crippen molar-refractivity contribution in [1.29, 1.82) is 5.26 Å². The molecule has 0 saturated carbocycles. The summed E-state index contributed by atoms with van der Waals surface area (Å²) in [7, 11) is 0. The van der Waals surface area contributed by atoms with Crippen molar-refractivity contribution < 1.29 is 19.1 Å². The van der Waals surface area contributed by atoms with E-state index in [1.165, 1.54) is 5.56 Å². The third-order valence-corrected chi connectivity index (χ3v) is 5.19. The molecule has 2 aromatic carbocycles. The van der Waals surface area contributed by atoms with Gasteiger partial charge in [-0.15, -0.1) is 0 Å². The number of carbonyl (C=O) groups is 2. The van der Waals surface area contributed by atoms with Gasteiger partial charge in [0.05, 0.1) is 19.3 Å². The number of ether oxygens (including phenoxy) is 2. The Bertz CT molecular complexity index is 862. The van der Waals surface area contributed by atoms with E-state index in [4.69, 9.17) is 14.7 Å². The highest BCUT2D eigenvalue weighted by atomic mass is 16.5. The van der Waals surface area contributed by atoms with Crippen molar-refractivity contribution in [1.82, 2.24) is 10.2 Å². The van der Waals surface area contributed by atoms with Crippen LogP contribution in [-0.4, -0.2) is 62.3 Å². The van der Waals surface area contributed by atoms with Gasteiger partial charge in [-0.05, 0) is 30.4 Å². The van der Waals surface area contributed by atoms with Crippen molar-refractivity contribution in [2.24, 2.45) is 0 Å². The van der Waals surface area contributed by atoms with E-state index in [9.17, 15) is 9.59 Å². The molecule has 1 saturated heterocycles. The second-order valence-electron chi connectivity index (χ2n) is 7.53. The Balaban J connectivity index is 0.000000405. The summed E-state index contributed by atoms with van der Waals surface area (Å²) < 4.78 is 10.8. The first kappa shape index (κ1) is 26.0. The van der Waals surface area contributed by atoms with Crippen LogP contribution in [0.1, 0.15) is 24.5 Å². The number of carbonyl (C=O) groups excluding carboxylic acids is 2. The molecule has 3 rings (SSSR count). The zero-order chi connectivity index (χ0) is 23.7. The molecule has 1 aliphatic heterocycles. The minimum absolute atomic E-state index is 0.0819. The highest BCUT2D eigenvalue weighted by Gasteiger charge is 2.23. The fraction of sp³-hybridized carbons (Fsp3) is 0.423. The first-order valence-electron chi connectivity index (χ1n) is 11.3. The molecule has 2 aromatic rings. The molecule has 1 N–H and O–H groups in total. The minimum Gasteiger partial charge on any atom is -0.378 e. The first-order chi connectivity index (χ1) is 16.1. The largest absolute Gasteiger partial charge is 0.378 e. The topological polar surface area (TPSA) is 91.7 Å². The van der Waals surface area contributed by atoms with Crippen LogP contribution < -0.4 is 5.32 Å². The number of nitrogens with zero attached hydrogens (tertiary/aromatic N) is 2. The average molecular weight is 452 g/mol. The van der Waals surface area contributed by atoms with Crippen molar-refractivity contribution in [3.63, 3.8) is 0 Å². The number of rotatable bonds is 9. The Kier molecular flexibility index (Phi) is 12.3. The van der Waals surface area contributed by atoms with Crippen molar-refractivity contribution in [2.45, 2.75) is 32.3 Å². The van der Waals surface area contributed by atoms with E-state index in [-0.39, 0.29) is 25.0 Å². The number of benzene rings is 2. The lowest BCUT2D eigenvalue weighted by Gasteiger charge is -2.27. The zero-order valence-corrected chi connectivity index (χ0v) is 19.2. The monoisotopic (exact) mass is 451 g/mol. The summed E-state index contributed by atoms with van der Waals surface area (Å²) in [5, 5.41) is 11.1. The molecule has 0 spiro atoms. The van der Waals surface area contributed by atoms with Crippen molar-refractivity contribution in [3.05, 3.63) is 71.8 Å². The fourth-order valence-electron chi connectivity index (χ4n) is 3.26. The average Bonchev–Trinajstić information content (AvgIpc) is 2.89. The number of morpholine rings is 1. The molecule has 1 fully saturated rings. The van der Waals surface area contributed by atoms with Crippen LogP contribution >= 0.6 is 0 Å². The molecule has 7 nitrogen and oxygen atoms in total. The van der Waals surface area contributed by atoms with E-state index < -0.39 is 6.10 Å². The van der Waals surface area contributed by atoms with Gasteiger partial charge in [0.15, 0.2) is 0 Å². The number of amides is 2. The molecule has 0 aliphatic carbocycles. The number of hydrogen-bond donors (Lipinski definition) is 1. The maximum absolute atomic E-state index is 12.2. The number of nitriles is 1. The highest BCUT2D eigenvalue weighted by molar-refractivity contribution is 5.82. The van der Waals surface area contributed by atoms with E-state index >= 15 is 0 Å². The summed E-state index contributed by atoms with van der Waals surface area (Å²) in [5.74, 6) is -0.520. The van der Waals surface area contributed by atoms with E-state index in [0.29, 0.717) is 39.1 Å². The fourth-order valence-corrected chi connectivity index (χ4v) is 3.26. The van der Waals surface area contributed by atoms with Gasteiger partial charge in [0.25, 0.3) is 0 Å². The van der Waals surface area contributed by atoms with Gasteiger partial charge in [-0.2, -0.15) is 5.26 Å². The smallest absolute Gasteiger partial charge is 0.249 e. The Labute approximate surface area is 196 Å². The number of aryl methyl sites for hydroxylation is 2. The van der Waals surface area contributed by atoms with E-state index in [0.717, 1.165) is 12.0 Å². The molecule has 1 heterocycles. The van der Waals surface area contributed by atoms with Crippen LogP contribution in [0.3, 0.4) is 0 Å². The maximum atomic E-state index is 12.2. The second kappa shape index (κ2) is 15.6. The van der Waals surface area contributed by atoms with Crippen LogP contribution in [0.2, 0.25) is 0 Å². The summed E-state index contributed by atoms with van der Waals surface area (Å²) in [6.07, 6.45) is 1.47. The Morgan fingerprint density at radius 3 is 2.21 bits per heavy atom. The molecular formula is C26H33N3O4. The number of nitrogens with one attached hydrogen (secondary N) is 1. The summed E-state index contributed by atoms with van der Waals surface area (Å²) in [5.41, 5.74) is 2.50. The molecule has 2 amide bonds. The van der Waals surface area contributed by atoms with Gasteiger partial charge in [-0.3, -0.25) is 9.59 Å². The Hall–Kier alpha value is -3.21. The molecule has 176 valence electrons. The van der Waals surface area contributed by atoms with Crippen molar-refractivity contribution >= 4 is 11.8 Å². The molecule has 0 aromatic heterocycles. The van der Waals surface area contributed by atoms with Crippen molar-refractivity contribution in [3.8, 4) is 6.07 Å². The standard InChI is InChI=1S/C18H23N3O4.C8H10/c19-8-9-20-18(23)16(7-6-15-4-2-1-3-5-15)25-14-17(22)21-10-12-24-13-11-21;1-2-8-6-4-3-5-7-8/h1-5,16H,6-7,9-14H2,(H,20,23);3-7H,2H2,1H3. The second-order valence-corrected chi connectivity index (χ2v) is 7.53. The van der Waals surface area contributed by atoms with Crippen LogP contribution in [0.15, 0.2) is 60.7 Å². The summed E-state index contributed by atoms with van der Waals surface area (Å²) in [6.45, 7) is 4.04. The van der Waals surface area contributed by atoms with Crippen LogP contribution in [-0.2, 0) is 31.9 Å². The normalized spacial score (nSPS) is 13.8. The predicted octanol–water partition coefficient (Wildman–Crippen LogP) is 2.75. The molecule has 1 atom stereocenters. The molecule has 1 aliphatic rings. The molecule has 7 heteroatoms. The van der Waals surface area contributed by atoms with Gasteiger partial charge in [0, 0.05) is 13.1 Å². The highest BCUT2D eigenvalue weighted by Crippen LogP contribution is 2.09. The summed E-state index contributed by atoms with van der Waals surface area (Å²) >= 11 is 0. The lowest BCUT2D eigenvalue weighted by molar-refractivity contribution is -0.146. The van der Waals surface area contributed by atoms with E-state index in [1.54, 1.807) is 4.90 Å². The lowest BCUT2D eigenvalue weighted by Crippen LogP contribution is -2.44. The molecular weight excluding hydrogens is 418 g/mol. The predicted molar refractivity (Wildman–Crippen MR) is 126 cm³/mol. The van der Waals surface area contributed by atoms with E-state index in [2.05, 4.69) is 36.5 Å². The Morgan fingerprint density at radius 2 is 1.67 bits per heavy atom. The van der Waals surface area contributed by atoms with Crippen molar-refractivity contribution in [2.75, 3.05) is 39.5 Å². The molecule has 33 heavy (non-hydrogen) atoms. The summed E-state index contributed by atoms with van der Waals surface area (Å²) in [6, 6.07) is 22.1. The molecule has 1 unspecified atom stereocenters. The molecule has 0 bridgehead atoms. The lowest BCUT2D eigenvalue weighted by atomic mass is 10.1. The third kappa shape index (κ3) is 10.3. The van der Waals surface area contributed by atoms with Gasteiger partial charge in [-0.25, -0.2) is 0 Å². The minimum atomic E-state index is -0.765. The SMILES string of the molecule is CCc1ccccc1.N#CCNC(=O)C(CCc1ccccc1)OCC(=O)N1CCOCC1. The maximum Gasteiger partial charge on any atom is 0.249 e. The Morgan fingerprint density at radius 1 is 1.06 bits per heavy atom. The quantitative estimate of drug-likeness (QED) is 0.592. The van der Waals surface area contributed by atoms with Gasteiger partial charge in [-0.1, -0.05) is 67.6 Å². The van der Waals surface area contributed by atoms with E-state index in [1.807, 2.05) is 42.5 Å². The summed E-state index contributed by atoms with van der Waals surface area (Å²) in [4.78, 5) is 26.0. The van der Waals surface area contributed by atoms with Gasteiger partial charge < -0.3 is 19.7 Å². The molecule has 0 radical (unpaired) electrons. The van der Waals surface area contributed by atoms with Crippen LogP contribution in [0, 0.1) is 11.3 Å². The van der Waals surface area contributed by atoms with Crippen LogP contribution in [0.5, 0.6) is 0 Å².